The van der Waals surface area contributed by atoms with Gasteiger partial charge >= 0.3 is 0 Å². The molecule has 2 aromatic rings. The number of hydrogen-bond acceptors (Lipinski definition) is 3. The normalized spacial score (nSPS) is 10.5. The van der Waals surface area contributed by atoms with Gasteiger partial charge in [-0.05, 0) is 18.6 Å². The third kappa shape index (κ3) is 2.55. The molecule has 0 fully saturated rings. The van der Waals surface area contributed by atoms with Crippen LogP contribution in [0.5, 0.6) is 0 Å². The molecule has 0 N–H and O–H groups in total. The Morgan fingerprint density at radius 2 is 2.18 bits per heavy atom. The number of aryl methyl sites for hydroxylation is 1. The number of rotatable bonds is 3. The number of ketones is 1. The zero-order chi connectivity index (χ0) is 12.4. The molecule has 0 bridgehead atoms. The number of Topliss-reactive ketones (excluding diaryl/α,β-unsaturated/α-hetero) is 1. The summed E-state index contributed by atoms with van der Waals surface area (Å²) >= 11 is 1.25. The molecule has 17 heavy (non-hydrogen) atoms. The second-order valence-corrected chi connectivity index (χ2v) is 4.79. The lowest BCUT2D eigenvalue weighted by atomic mass is 10.1. The number of halogens is 2. The van der Waals surface area contributed by atoms with Gasteiger partial charge in [-0.3, -0.25) is 4.79 Å². The summed E-state index contributed by atoms with van der Waals surface area (Å²) in [6.07, 6.45) is 1.31. The molecule has 0 radical (unpaired) electrons. The molecule has 0 atom stereocenters. The largest absolute Gasteiger partial charge is 0.293 e. The van der Waals surface area contributed by atoms with Crippen molar-refractivity contribution in [2.75, 3.05) is 0 Å². The zero-order valence-corrected chi connectivity index (χ0v) is 9.85. The molecule has 2 nitrogen and oxygen atoms in total. The highest BCUT2D eigenvalue weighted by Crippen LogP contribution is 2.17. The Hall–Kier alpha value is -1.62. The predicted octanol–water partition coefficient (Wildman–Crippen LogP) is 3.16. The van der Waals surface area contributed by atoms with E-state index >= 15 is 0 Å². The van der Waals surface area contributed by atoms with Crippen LogP contribution in [0.1, 0.15) is 20.2 Å². The summed E-state index contributed by atoms with van der Waals surface area (Å²) in [5.41, 5.74) is 0.0704. The van der Waals surface area contributed by atoms with Crippen LogP contribution in [-0.4, -0.2) is 10.8 Å². The SMILES string of the molecule is Cc1ncc(C(=O)Cc2cccc(F)c2F)s1. The Morgan fingerprint density at radius 3 is 2.82 bits per heavy atom. The van der Waals surface area contributed by atoms with Crippen molar-refractivity contribution >= 4 is 17.1 Å². The molecule has 5 heteroatoms. The molecule has 88 valence electrons. The first kappa shape index (κ1) is 11.9. The van der Waals surface area contributed by atoms with Gasteiger partial charge in [0.1, 0.15) is 0 Å². The van der Waals surface area contributed by atoms with Crippen molar-refractivity contribution < 1.29 is 13.6 Å². The quantitative estimate of drug-likeness (QED) is 0.786. The van der Waals surface area contributed by atoms with Crippen LogP contribution in [0.3, 0.4) is 0 Å². The first-order chi connectivity index (χ1) is 8.08. The number of hydrogen-bond donors (Lipinski definition) is 0. The molecule has 0 aliphatic rings. The average Bonchev–Trinajstić information content (AvgIpc) is 2.72. The summed E-state index contributed by atoms with van der Waals surface area (Å²) in [7, 11) is 0. The minimum absolute atomic E-state index is 0.0704. The minimum atomic E-state index is -0.956. The molecule has 0 aliphatic heterocycles. The molecule has 0 amide bonds. The fourth-order valence-corrected chi connectivity index (χ4v) is 2.15. The predicted molar refractivity (Wildman–Crippen MR) is 61.2 cm³/mol. The summed E-state index contributed by atoms with van der Waals surface area (Å²) < 4.78 is 26.3. The van der Waals surface area contributed by atoms with Crippen LogP contribution >= 0.6 is 11.3 Å². The van der Waals surface area contributed by atoms with Crippen LogP contribution in [0.25, 0.3) is 0 Å². The minimum Gasteiger partial charge on any atom is -0.293 e. The van der Waals surface area contributed by atoms with Gasteiger partial charge in [0.15, 0.2) is 17.4 Å². The molecule has 0 unspecified atom stereocenters. The number of benzene rings is 1. The average molecular weight is 253 g/mol. The summed E-state index contributed by atoms with van der Waals surface area (Å²) in [4.78, 5) is 16.2. The lowest BCUT2D eigenvalue weighted by molar-refractivity contribution is 0.0995. The highest BCUT2D eigenvalue weighted by atomic mass is 32.1. The van der Waals surface area contributed by atoms with Crippen molar-refractivity contribution in [1.82, 2.24) is 4.98 Å². The van der Waals surface area contributed by atoms with Crippen LogP contribution in [0.4, 0.5) is 8.78 Å². The van der Waals surface area contributed by atoms with Gasteiger partial charge in [0.05, 0.1) is 9.88 Å². The fraction of sp³-hybridized carbons (Fsp3) is 0.167. The lowest BCUT2D eigenvalue weighted by Crippen LogP contribution is -2.04. The van der Waals surface area contributed by atoms with Gasteiger partial charge in [0.25, 0.3) is 0 Å². The maximum absolute atomic E-state index is 13.3. The van der Waals surface area contributed by atoms with Crippen molar-refractivity contribution in [3.63, 3.8) is 0 Å². The molecular formula is C12H9F2NOS. The van der Waals surface area contributed by atoms with Gasteiger partial charge in [-0.1, -0.05) is 12.1 Å². The summed E-state index contributed by atoms with van der Waals surface area (Å²) in [6, 6.07) is 3.82. The van der Waals surface area contributed by atoms with Crippen LogP contribution in [0, 0.1) is 18.6 Å². The van der Waals surface area contributed by atoms with Gasteiger partial charge in [0, 0.05) is 12.6 Å². The van der Waals surface area contributed by atoms with E-state index in [0.29, 0.717) is 4.88 Å². The third-order valence-corrected chi connectivity index (χ3v) is 3.23. The Balaban J connectivity index is 2.21. The molecule has 1 aromatic heterocycles. The standard InChI is InChI=1S/C12H9F2NOS/c1-7-15-6-11(17-7)10(16)5-8-3-2-4-9(13)12(8)14/h2-4,6H,5H2,1H3. The first-order valence-corrected chi connectivity index (χ1v) is 5.78. The van der Waals surface area contributed by atoms with E-state index in [1.54, 1.807) is 6.92 Å². The highest BCUT2D eigenvalue weighted by Gasteiger charge is 2.14. The topological polar surface area (TPSA) is 30.0 Å². The molecule has 1 aromatic carbocycles. The van der Waals surface area contributed by atoms with Gasteiger partial charge in [-0.15, -0.1) is 11.3 Å². The van der Waals surface area contributed by atoms with Crippen LogP contribution in [0.15, 0.2) is 24.4 Å². The molecular weight excluding hydrogens is 244 g/mol. The number of aromatic nitrogens is 1. The fourth-order valence-electron chi connectivity index (χ4n) is 1.44. The van der Waals surface area contributed by atoms with Crippen molar-refractivity contribution in [1.29, 1.82) is 0 Å². The second kappa shape index (κ2) is 4.71. The summed E-state index contributed by atoms with van der Waals surface area (Å²) in [5, 5.41) is 0.771. The Bertz CT molecular complexity index is 565. The Kier molecular flexibility index (Phi) is 3.28. The number of carbonyl (C=O) groups excluding carboxylic acids is 1. The maximum atomic E-state index is 13.3. The van der Waals surface area contributed by atoms with Crippen molar-refractivity contribution in [3.8, 4) is 0 Å². The molecule has 0 aliphatic carbocycles. The Labute approximate surface area is 101 Å². The smallest absolute Gasteiger partial charge is 0.178 e. The van der Waals surface area contributed by atoms with Crippen molar-refractivity contribution in [2.45, 2.75) is 13.3 Å². The van der Waals surface area contributed by atoms with E-state index in [2.05, 4.69) is 4.98 Å². The summed E-state index contributed by atoms with van der Waals surface area (Å²) in [6.45, 7) is 1.78. The first-order valence-electron chi connectivity index (χ1n) is 4.96. The second-order valence-electron chi connectivity index (χ2n) is 3.56. The third-order valence-electron chi connectivity index (χ3n) is 2.28. The van der Waals surface area contributed by atoms with E-state index in [0.717, 1.165) is 11.1 Å². The van der Waals surface area contributed by atoms with E-state index in [4.69, 9.17) is 0 Å². The molecule has 0 saturated carbocycles. The number of carbonyl (C=O) groups is 1. The van der Waals surface area contributed by atoms with Crippen LogP contribution < -0.4 is 0 Å². The molecule has 2 rings (SSSR count). The maximum Gasteiger partial charge on any atom is 0.178 e. The molecule has 0 spiro atoms. The lowest BCUT2D eigenvalue weighted by Gasteiger charge is -2.01. The zero-order valence-electron chi connectivity index (χ0n) is 9.04. The summed E-state index contributed by atoms with van der Waals surface area (Å²) in [5.74, 6) is -2.14. The molecule has 0 saturated heterocycles. The van der Waals surface area contributed by atoms with E-state index in [-0.39, 0.29) is 17.8 Å². The number of thiazole rings is 1. The number of nitrogens with zero attached hydrogens (tertiary/aromatic N) is 1. The van der Waals surface area contributed by atoms with E-state index in [1.807, 2.05) is 0 Å². The van der Waals surface area contributed by atoms with Gasteiger partial charge < -0.3 is 0 Å². The van der Waals surface area contributed by atoms with Gasteiger partial charge in [-0.2, -0.15) is 0 Å². The van der Waals surface area contributed by atoms with E-state index < -0.39 is 11.6 Å². The van der Waals surface area contributed by atoms with Crippen molar-refractivity contribution in [3.05, 3.63) is 51.5 Å². The van der Waals surface area contributed by atoms with E-state index in [1.165, 1.54) is 29.7 Å². The monoisotopic (exact) mass is 253 g/mol. The van der Waals surface area contributed by atoms with Crippen molar-refractivity contribution in [2.24, 2.45) is 0 Å². The molecule has 1 heterocycles. The van der Waals surface area contributed by atoms with E-state index in [9.17, 15) is 13.6 Å². The highest BCUT2D eigenvalue weighted by molar-refractivity contribution is 7.13. The van der Waals surface area contributed by atoms with Gasteiger partial charge in [0.2, 0.25) is 0 Å². The van der Waals surface area contributed by atoms with Gasteiger partial charge in [-0.25, -0.2) is 13.8 Å². The Morgan fingerprint density at radius 1 is 1.41 bits per heavy atom. The van der Waals surface area contributed by atoms with Crippen LogP contribution in [0.2, 0.25) is 0 Å². The van der Waals surface area contributed by atoms with Crippen LogP contribution in [-0.2, 0) is 6.42 Å².